The second kappa shape index (κ2) is 9.07. The van der Waals surface area contributed by atoms with Gasteiger partial charge in [0.1, 0.15) is 12.3 Å². The number of fused-ring (bicyclic) bond motifs is 3. The normalized spacial score (nSPS) is 18.6. The van der Waals surface area contributed by atoms with Crippen molar-refractivity contribution in [2.45, 2.75) is 51.7 Å². The van der Waals surface area contributed by atoms with Gasteiger partial charge in [0, 0.05) is 19.2 Å². The van der Waals surface area contributed by atoms with Crippen LogP contribution in [0.15, 0.2) is 48.1 Å². The number of benzene rings is 1. The third-order valence-electron chi connectivity index (χ3n) is 6.46. The Labute approximate surface area is 215 Å². The third-order valence-corrected chi connectivity index (χ3v) is 6.46. The fourth-order valence-corrected chi connectivity index (χ4v) is 4.50. The number of amides is 1. The van der Waals surface area contributed by atoms with Crippen LogP contribution in [0.4, 0.5) is 5.69 Å². The van der Waals surface area contributed by atoms with Crippen molar-refractivity contribution in [2.75, 3.05) is 19.0 Å². The molecule has 3 aromatic rings. The molecule has 1 amide bonds. The lowest BCUT2D eigenvalue weighted by Gasteiger charge is -2.24. The molecule has 6 rings (SSSR count). The third kappa shape index (κ3) is 4.46. The van der Waals surface area contributed by atoms with Crippen molar-refractivity contribution < 1.29 is 14.3 Å². The number of ether oxygens (including phenoxy) is 2. The number of pyridine rings is 1. The largest absolute Gasteiger partial charge is 0.488 e. The van der Waals surface area contributed by atoms with Gasteiger partial charge in [-0.25, -0.2) is 15.1 Å². The number of rotatable bonds is 6. The Hall–Kier alpha value is -4.12. The van der Waals surface area contributed by atoms with Gasteiger partial charge in [0.15, 0.2) is 17.3 Å². The number of hydrazine groups is 2. The monoisotopic (exact) mass is 502 g/mol. The molecule has 0 radical (unpaired) electrons. The number of anilines is 1. The van der Waals surface area contributed by atoms with Crippen molar-refractivity contribution in [1.29, 1.82) is 0 Å². The highest BCUT2D eigenvalue weighted by Crippen LogP contribution is 2.39. The van der Waals surface area contributed by atoms with Gasteiger partial charge in [0.2, 0.25) is 0 Å². The maximum absolute atomic E-state index is 13.4. The summed E-state index contributed by atoms with van der Waals surface area (Å²) in [6.07, 6.45) is 7.65. The first kappa shape index (κ1) is 23.3. The van der Waals surface area contributed by atoms with E-state index >= 15 is 0 Å². The highest BCUT2D eigenvalue weighted by atomic mass is 16.5. The molecule has 3 aliphatic rings. The first-order valence-corrected chi connectivity index (χ1v) is 12.5. The predicted octanol–water partition coefficient (Wildman–Crippen LogP) is 3.29. The Balaban J connectivity index is 1.32. The van der Waals surface area contributed by atoms with Gasteiger partial charge in [-0.15, -0.1) is 10.6 Å². The number of amidine groups is 1. The zero-order valence-corrected chi connectivity index (χ0v) is 21.3. The lowest BCUT2D eigenvalue weighted by Crippen LogP contribution is -2.48. The fraction of sp³-hybridized carbons (Fsp3) is 0.385. The average Bonchev–Trinajstić information content (AvgIpc) is 3.50. The lowest BCUT2D eigenvalue weighted by molar-refractivity contribution is 0.0943. The standard InChI is InChI=1S/C26H30N8O3/c1-15(2)37-23-11-27-20(10-22(23)33-12-21(28-14-33)17-8-9-17)26(35)29-19-7-5-6-18-24(19)36-13-16(3)34-25(18)30-32(4)31-34/h5-7,10-12,14-17,31H,8-9,13H2,1-4H3,(H,29,35)/t16-/m1/s1. The summed E-state index contributed by atoms with van der Waals surface area (Å²) in [6, 6.07) is 7.39. The molecular weight excluding hydrogens is 472 g/mol. The van der Waals surface area contributed by atoms with E-state index in [0.717, 1.165) is 35.6 Å². The Kier molecular flexibility index (Phi) is 5.71. The van der Waals surface area contributed by atoms with Crippen LogP contribution >= 0.6 is 0 Å². The lowest BCUT2D eigenvalue weighted by atomic mass is 10.1. The molecule has 0 unspecified atom stereocenters. The van der Waals surface area contributed by atoms with Crippen LogP contribution in [0.5, 0.6) is 11.5 Å². The van der Waals surface area contributed by atoms with Crippen molar-refractivity contribution in [2.24, 2.45) is 5.10 Å². The molecule has 1 atom stereocenters. The van der Waals surface area contributed by atoms with E-state index in [-0.39, 0.29) is 23.7 Å². The van der Waals surface area contributed by atoms with E-state index in [0.29, 0.717) is 29.7 Å². The maximum atomic E-state index is 13.4. The van der Waals surface area contributed by atoms with Crippen LogP contribution in [0.25, 0.3) is 5.69 Å². The first-order chi connectivity index (χ1) is 17.9. The van der Waals surface area contributed by atoms with Crippen LogP contribution < -0.4 is 20.3 Å². The van der Waals surface area contributed by atoms with Gasteiger partial charge in [-0.05, 0) is 51.8 Å². The van der Waals surface area contributed by atoms with Crippen molar-refractivity contribution in [3.63, 3.8) is 0 Å². The number of hydrogen-bond donors (Lipinski definition) is 2. The van der Waals surface area contributed by atoms with E-state index < -0.39 is 0 Å². The number of hydrazone groups is 1. The molecule has 2 aromatic heterocycles. The second-order valence-electron chi connectivity index (χ2n) is 9.90. The molecule has 11 nitrogen and oxygen atoms in total. The molecule has 4 heterocycles. The number of carbonyl (C=O) groups excluding carboxylic acids is 1. The van der Waals surface area contributed by atoms with Crippen molar-refractivity contribution in [3.05, 3.63) is 59.9 Å². The van der Waals surface area contributed by atoms with Gasteiger partial charge in [0.25, 0.3) is 5.91 Å². The van der Waals surface area contributed by atoms with Crippen molar-refractivity contribution >= 4 is 17.4 Å². The summed E-state index contributed by atoms with van der Waals surface area (Å²) in [7, 11) is 1.84. The maximum Gasteiger partial charge on any atom is 0.274 e. The number of nitrogens with zero attached hydrogens (tertiary/aromatic N) is 6. The molecule has 1 saturated carbocycles. The number of aromatic nitrogens is 3. The van der Waals surface area contributed by atoms with Gasteiger partial charge >= 0.3 is 0 Å². The summed E-state index contributed by atoms with van der Waals surface area (Å²) in [6.45, 7) is 6.38. The zero-order valence-electron chi connectivity index (χ0n) is 21.3. The van der Waals surface area contributed by atoms with Gasteiger partial charge in [-0.1, -0.05) is 6.07 Å². The van der Waals surface area contributed by atoms with Crippen molar-refractivity contribution in [1.82, 2.24) is 30.2 Å². The minimum absolute atomic E-state index is 0.0353. The minimum Gasteiger partial charge on any atom is -0.488 e. The smallest absolute Gasteiger partial charge is 0.274 e. The number of imidazole rings is 1. The SMILES string of the molecule is CC(C)Oc1cnc(C(=O)Nc2cccc3c2OC[C@@H](C)N2NN(C)N=C32)cc1-n1cnc(C2CC2)c1. The molecule has 192 valence electrons. The molecule has 1 aliphatic carbocycles. The first-order valence-electron chi connectivity index (χ1n) is 12.5. The van der Waals surface area contributed by atoms with E-state index in [9.17, 15) is 4.79 Å². The molecule has 1 aromatic carbocycles. The number of nitrogens with one attached hydrogen (secondary N) is 2. The topological polar surface area (TPSA) is 109 Å². The van der Waals surface area contributed by atoms with E-state index in [2.05, 4.69) is 25.9 Å². The molecule has 0 spiro atoms. The summed E-state index contributed by atoms with van der Waals surface area (Å²) in [5, 5.41) is 11.2. The van der Waals surface area contributed by atoms with Crippen molar-refractivity contribution in [3.8, 4) is 17.2 Å². The molecule has 0 saturated heterocycles. The van der Waals surface area contributed by atoms with E-state index in [1.54, 1.807) is 23.7 Å². The quantitative estimate of drug-likeness (QED) is 0.529. The summed E-state index contributed by atoms with van der Waals surface area (Å²) in [5.74, 6) is 2.07. The Morgan fingerprint density at radius 3 is 2.89 bits per heavy atom. The second-order valence-corrected chi connectivity index (χ2v) is 9.90. The molecule has 2 aliphatic heterocycles. The van der Waals surface area contributed by atoms with Gasteiger partial charge in [-0.3, -0.25) is 9.80 Å². The van der Waals surface area contributed by atoms with Crippen LogP contribution in [-0.4, -0.2) is 62.2 Å². The van der Waals surface area contributed by atoms with Gasteiger partial charge in [-0.2, -0.15) is 0 Å². The molecule has 11 heteroatoms. The highest BCUT2D eigenvalue weighted by Gasteiger charge is 2.33. The molecule has 37 heavy (non-hydrogen) atoms. The fourth-order valence-electron chi connectivity index (χ4n) is 4.50. The summed E-state index contributed by atoms with van der Waals surface area (Å²) in [5.41, 5.74) is 6.57. The number of hydrogen-bond acceptors (Lipinski definition) is 9. The van der Waals surface area contributed by atoms with Crippen LogP contribution in [0.3, 0.4) is 0 Å². The summed E-state index contributed by atoms with van der Waals surface area (Å²) >= 11 is 0. The Morgan fingerprint density at radius 1 is 1.27 bits per heavy atom. The average molecular weight is 503 g/mol. The van der Waals surface area contributed by atoms with Crippen LogP contribution in [-0.2, 0) is 0 Å². The van der Waals surface area contributed by atoms with Gasteiger partial charge in [0.05, 0.1) is 47.3 Å². The Bertz CT molecular complexity index is 1380. The number of carbonyl (C=O) groups is 1. The van der Waals surface area contributed by atoms with Crippen LogP contribution in [0.1, 0.15) is 61.3 Å². The molecule has 1 fully saturated rings. The predicted molar refractivity (Wildman–Crippen MR) is 138 cm³/mol. The molecular formula is C26H30N8O3. The van der Waals surface area contributed by atoms with Gasteiger partial charge < -0.3 is 19.4 Å². The van der Waals surface area contributed by atoms with E-state index in [4.69, 9.17) is 9.47 Å². The van der Waals surface area contributed by atoms with Crippen LogP contribution in [0, 0.1) is 0 Å². The summed E-state index contributed by atoms with van der Waals surface area (Å²) < 4.78 is 14.0. The van der Waals surface area contributed by atoms with E-state index in [1.165, 1.54) is 0 Å². The minimum atomic E-state index is -0.352. The van der Waals surface area contributed by atoms with E-state index in [1.807, 2.05) is 61.8 Å². The number of para-hydroxylation sites is 1. The van der Waals surface area contributed by atoms with Crippen LogP contribution in [0.2, 0.25) is 0 Å². The molecule has 0 bridgehead atoms. The Morgan fingerprint density at radius 2 is 2.11 bits per heavy atom. The zero-order chi connectivity index (χ0) is 25.7. The summed E-state index contributed by atoms with van der Waals surface area (Å²) in [4.78, 5) is 22.4. The molecule has 2 N–H and O–H groups in total. The highest BCUT2D eigenvalue weighted by molar-refractivity contribution is 6.07.